The molecule has 0 bridgehead atoms. The molecule has 1 fully saturated rings. The third-order valence-electron chi connectivity index (χ3n) is 5.48. The van der Waals surface area contributed by atoms with Crippen molar-refractivity contribution in [1.82, 2.24) is 19.4 Å². The van der Waals surface area contributed by atoms with Gasteiger partial charge in [0.2, 0.25) is 5.91 Å². The number of anilines is 2. The molecule has 1 aromatic carbocycles. The number of nitrogens with zero attached hydrogens (tertiary/aromatic N) is 5. The first-order valence-corrected chi connectivity index (χ1v) is 10.3. The van der Waals surface area contributed by atoms with E-state index >= 15 is 0 Å². The van der Waals surface area contributed by atoms with Crippen molar-refractivity contribution in [2.45, 2.75) is 6.18 Å². The lowest BCUT2D eigenvalue weighted by Gasteiger charge is -2.35. The van der Waals surface area contributed by atoms with E-state index in [0.29, 0.717) is 6.07 Å². The van der Waals surface area contributed by atoms with Crippen molar-refractivity contribution in [2.24, 2.45) is 0 Å². The van der Waals surface area contributed by atoms with Crippen molar-refractivity contribution in [1.29, 1.82) is 0 Å². The van der Waals surface area contributed by atoms with E-state index in [1.54, 1.807) is 4.90 Å². The van der Waals surface area contributed by atoms with Crippen LogP contribution < -0.4 is 16.2 Å². The number of carbonyl (C=O) groups excluding carboxylic acids is 1. The van der Waals surface area contributed by atoms with E-state index in [1.165, 1.54) is 11.0 Å². The molecule has 0 saturated carbocycles. The van der Waals surface area contributed by atoms with Gasteiger partial charge in [0.05, 0.1) is 16.1 Å². The molecule has 0 atom stereocenters. The number of piperazine rings is 1. The fourth-order valence-electron chi connectivity index (χ4n) is 3.84. The number of pyridine rings is 1. The minimum Gasteiger partial charge on any atom is -0.396 e. The molecule has 13 heteroatoms. The predicted molar refractivity (Wildman–Crippen MR) is 119 cm³/mol. The van der Waals surface area contributed by atoms with Crippen molar-refractivity contribution in [3.63, 3.8) is 0 Å². The summed E-state index contributed by atoms with van der Waals surface area (Å²) in [5.74, 6) is -1.34. The Morgan fingerprint density at radius 3 is 2.47 bits per heavy atom. The zero-order valence-corrected chi connectivity index (χ0v) is 18.2. The molecule has 0 unspecified atom stereocenters. The van der Waals surface area contributed by atoms with E-state index in [1.807, 2.05) is 0 Å². The van der Waals surface area contributed by atoms with E-state index in [9.17, 15) is 27.2 Å². The highest BCUT2D eigenvalue weighted by Crippen LogP contribution is 2.36. The first-order valence-electron chi connectivity index (χ1n) is 9.92. The van der Waals surface area contributed by atoms with Crippen molar-refractivity contribution >= 4 is 39.9 Å². The number of benzene rings is 1. The Bertz CT molecular complexity index is 1370. The molecule has 0 spiro atoms. The van der Waals surface area contributed by atoms with Crippen molar-refractivity contribution in [3.05, 3.63) is 64.1 Å². The summed E-state index contributed by atoms with van der Waals surface area (Å²) >= 11 is 5.89. The second kappa shape index (κ2) is 8.60. The normalized spacial score (nSPS) is 14.5. The number of fused-ring (bicyclic) bond motifs is 1. The second-order valence-corrected chi connectivity index (χ2v) is 7.84. The number of carbonyl (C=O) groups is 1. The van der Waals surface area contributed by atoms with Crippen LogP contribution in [-0.2, 0) is 11.0 Å². The number of alkyl halides is 3. The lowest BCUT2D eigenvalue weighted by Crippen LogP contribution is -2.48. The molecule has 3 aromatic rings. The van der Waals surface area contributed by atoms with Crippen LogP contribution in [0.5, 0.6) is 0 Å². The zero-order valence-electron chi connectivity index (χ0n) is 17.4. The third kappa shape index (κ3) is 3.94. The van der Waals surface area contributed by atoms with Gasteiger partial charge in [0.1, 0.15) is 34.9 Å². The summed E-state index contributed by atoms with van der Waals surface area (Å²) in [5.41, 5.74) is 1.36. The van der Waals surface area contributed by atoms with Gasteiger partial charge in [-0.15, -0.1) is 0 Å². The zero-order chi connectivity index (χ0) is 24.8. The van der Waals surface area contributed by atoms with Gasteiger partial charge in [0, 0.05) is 26.2 Å². The standard InChI is InChI=1S/C21H17ClF4N6O2/c1-2-15(33)30-5-7-31(8-6-30)19-11-9-14(21(24,25)26)32(20(34)17(11)28-10-29-19)18-13(23)4-3-12(22)16(18)27/h2-4,9-10H,1,5-8,27H2. The van der Waals surface area contributed by atoms with E-state index in [2.05, 4.69) is 16.5 Å². The first kappa shape index (κ1) is 23.5. The fraction of sp³-hybridized carbons (Fsp3) is 0.238. The number of nitrogens with two attached hydrogens (primary N) is 1. The van der Waals surface area contributed by atoms with Crippen LogP contribution in [0.1, 0.15) is 5.69 Å². The molecule has 4 rings (SSSR count). The van der Waals surface area contributed by atoms with Crippen LogP contribution in [0, 0.1) is 5.82 Å². The van der Waals surface area contributed by atoms with Crippen LogP contribution in [0.4, 0.5) is 29.1 Å². The van der Waals surface area contributed by atoms with Crippen LogP contribution in [-0.4, -0.2) is 51.5 Å². The molecular weight excluding hydrogens is 480 g/mol. The van der Waals surface area contributed by atoms with E-state index in [-0.39, 0.29) is 58.4 Å². The van der Waals surface area contributed by atoms with Gasteiger partial charge in [0.25, 0.3) is 5.56 Å². The molecule has 1 aliphatic rings. The lowest BCUT2D eigenvalue weighted by molar-refractivity contribution is -0.142. The highest BCUT2D eigenvalue weighted by molar-refractivity contribution is 6.33. The van der Waals surface area contributed by atoms with Gasteiger partial charge in [-0.05, 0) is 24.3 Å². The summed E-state index contributed by atoms with van der Waals surface area (Å²) in [6.45, 7) is 4.51. The molecule has 2 N–H and O–H groups in total. The Morgan fingerprint density at radius 2 is 1.85 bits per heavy atom. The van der Waals surface area contributed by atoms with Gasteiger partial charge in [-0.25, -0.2) is 14.4 Å². The summed E-state index contributed by atoms with van der Waals surface area (Å²) in [6.07, 6.45) is -2.85. The quantitative estimate of drug-likeness (QED) is 0.340. The molecule has 0 radical (unpaired) electrons. The van der Waals surface area contributed by atoms with Gasteiger partial charge in [-0.2, -0.15) is 13.2 Å². The minimum absolute atomic E-state index is 0.0880. The summed E-state index contributed by atoms with van der Waals surface area (Å²) in [5, 5.41) is -0.382. The number of rotatable bonds is 3. The molecule has 1 saturated heterocycles. The molecule has 34 heavy (non-hydrogen) atoms. The average molecular weight is 497 g/mol. The van der Waals surface area contributed by atoms with Crippen LogP contribution in [0.3, 0.4) is 0 Å². The van der Waals surface area contributed by atoms with Crippen LogP contribution in [0.2, 0.25) is 5.02 Å². The molecule has 2 aromatic heterocycles. The van der Waals surface area contributed by atoms with Crippen LogP contribution in [0.25, 0.3) is 16.6 Å². The van der Waals surface area contributed by atoms with Crippen LogP contribution in [0.15, 0.2) is 42.0 Å². The van der Waals surface area contributed by atoms with Crippen molar-refractivity contribution in [2.75, 3.05) is 36.8 Å². The largest absolute Gasteiger partial charge is 0.431 e. The topological polar surface area (TPSA) is 97.4 Å². The van der Waals surface area contributed by atoms with E-state index in [0.717, 1.165) is 18.5 Å². The predicted octanol–water partition coefficient (Wildman–Crippen LogP) is 3.01. The van der Waals surface area contributed by atoms with E-state index in [4.69, 9.17) is 17.3 Å². The number of nitrogen functional groups attached to an aromatic ring is 1. The van der Waals surface area contributed by atoms with Gasteiger partial charge in [-0.1, -0.05) is 18.2 Å². The SMILES string of the molecule is C=CC(=O)N1CCN(c2ncnc3c(=O)n(-c4c(F)ccc(Cl)c4N)c(C(F)(F)F)cc23)CC1. The summed E-state index contributed by atoms with van der Waals surface area (Å²) < 4.78 is 57.0. The highest BCUT2D eigenvalue weighted by atomic mass is 35.5. The molecule has 178 valence electrons. The molecule has 3 heterocycles. The van der Waals surface area contributed by atoms with E-state index < -0.39 is 34.6 Å². The second-order valence-electron chi connectivity index (χ2n) is 7.44. The molecule has 1 aliphatic heterocycles. The maximum Gasteiger partial charge on any atom is 0.431 e. The number of amides is 1. The molecule has 1 amide bonds. The molecular formula is C21H17ClF4N6O2. The van der Waals surface area contributed by atoms with Crippen molar-refractivity contribution < 1.29 is 22.4 Å². The van der Waals surface area contributed by atoms with Gasteiger partial charge in [-0.3, -0.25) is 14.2 Å². The number of halogens is 5. The maximum absolute atomic E-state index is 14.6. The van der Waals surface area contributed by atoms with Crippen molar-refractivity contribution in [3.8, 4) is 5.69 Å². The highest BCUT2D eigenvalue weighted by Gasteiger charge is 2.38. The monoisotopic (exact) mass is 496 g/mol. The van der Waals surface area contributed by atoms with Gasteiger partial charge >= 0.3 is 6.18 Å². The van der Waals surface area contributed by atoms with Gasteiger partial charge < -0.3 is 15.5 Å². The van der Waals surface area contributed by atoms with Crippen LogP contribution >= 0.6 is 11.6 Å². The number of hydrogen-bond acceptors (Lipinski definition) is 6. The summed E-state index contributed by atoms with van der Waals surface area (Å²) in [7, 11) is 0. The third-order valence-corrected chi connectivity index (χ3v) is 5.81. The molecule has 8 nitrogen and oxygen atoms in total. The van der Waals surface area contributed by atoms with Gasteiger partial charge in [0.15, 0.2) is 0 Å². The average Bonchev–Trinajstić information content (AvgIpc) is 2.81. The molecule has 0 aliphatic carbocycles. The Kier molecular flexibility index (Phi) is 5.94. The Labute approximate surface area is 194 Å². The summed E-state index contributed by atoms with van der Waals surface area (Å²) in [6, 6.07) is 2.58. The Hall–Kier alpha value is -3.67. The lowest BCUT2D eigenvalue weighted by atomic mass is 10.1. The maximum atomic E-state index is 14.6. The number of aromatic nitrogens is 3. The summed E-state index contributed by atoms with van der Waals surface area (Å²) in [4.78, 5) is 36.2. The Morgan fingerprint density at radius 1 is 1.18 bits per heavy atom. The Balaban J connectivity index is 1.93. The smallest absolute Gasteiger partial charge is 0.396 e. The first-order chi connectivity index (χ1) is 16.0. The fourth-order valence-corrected chi connectivity index (χ4v) is 3.99. The minimum atomic E-state index is -5.06. The number of hydrogen-bond donors (Lipinski definition) is 1.